The van der Waals surface area contributed by atoms with Crippen molar-refractivity contribution in [2.75, 3.05) is 12.8 Å². The molecule has 0 bridgehead atoms. The summed E-state index contributed by atoms with van der Waals surface area (Å²) in [5.74, 6) is 0.904. The molecule has 0 aromatic carbocycles. The lowest BCUT2D eigenvalue weighted by Gasteiger charge is -2.05. The fourth-order valence-electron chi connectivity index (χ4n) is 1.73. The number of anilines is 1. The van der Waals surface area contributed by atoms with Gasteiger partial charge in [-0.1, -0.05) is 6.07 Å². The normalized spacial score (nSPS) is 10.9. The van der Waals surface area contributed by atoms with E-state index in [4.69, 9.17) is 10.5 Å². The van der Waals surface area contributed by atoms with Crippen LogP contribution in [-0.4, -0.2) is 21.7 Å². The summed E-state index contributed by atoms with van der Waals surface area (Å²) < 4.78 is 6.95. The first-order valence-corrected chi connectivity index (χ1v) is 5.90. The molecule has 0 unspecified atom stereocenters. The van der Waals surface area contributed by atoms with Gasteiger partial charge in [0.15, 0.2) is 11.4 Å². The minimum Gasteiger partial charge on any atom is -0.493 e. The van der Waals surface area contributed by atoms with E-state index in [0.717, 1.165) is 10.6 Å². The second kappa shape index (κ2) is 3.74. The van der Waals surface area contributed by atoms with Gasteiger partial charge in [-0.2, -0.15) is 4.98 Å². The zero-order valence-corrected chi connectivity index (χ0v) is 9.94. The van der Waals surface area contributed by atoms with E-state index in [-0.39, 0.29) is 5.95 Å². The van der Waals surface area contributed by atoms with Crippen LogP contribution >= 0.6 is 11.3 Å². The second-order valence-corrected chi connectivity index (χ2v) is 4.42. The maximum absolute atomic E-state index is 5.64. The maximum atomic E-state index is 5.64. The fourth-order valence-corrected chi connectivity index (χ4v) is 2.46. The molecule has 5 nitrogen and oxygen atoms in total. The number of hydrogen-bond donors (Lipinski definition) is 1. The average Bonchev–Trinajstić information content (AvgIpc) is 2.95. The van der Waals surface area contributed by atoms with Crippen LogP contribution in [0.15, 0.2) is 29.6 Å². The van der Waals surface area contributed by atoms with Gasteiger partial charge in [0.05, 0.1) is 17.7 Å². The monoisotopic (exact) mass is 246 g/mol. The van der Waals surface area contributed by atoms with Crippen molar-refractivity contribution < 1.29 is 4.74 Å². The highest BCUT2D eigenvalue weighted by molar-refractivity contribution is 7.13. The summed E-state index contributed by atoms with van der Waals surface area (Å²) in [7, 11) is 1.60. The minimum atomic E-state index is 0.243. The molecule has 0 radical (unpaired) electrons. The third-order valence-corrected chi connectivity index (χ3v) is 3.35. The van der Waals surface area contributed by atoms with Gasteiger partial charge in [0.2, 0.25) is 5.95 Å². The Hall–Kier alpha value is -2.08. The van der Waals surface area contributed by atoms with Gasteiger partial charge in [-0.3, -0.25) is 0 Å². The molecule has 2 N–H and O–H groups in total. The van der Waals surface area contributed by atoms with Gasteiger partial charge < -0.3 is 10.5 Å². The summed E-state index contributed by atoms with van der Waals surface area (Å²) in [6.07, 6.45) is 0. The van der Waals surface area contributed by atoms with Crippen molar-refractivity contribution in [1.82, 2.24) is 14.6 Å². The van der Waals surface area contributed by atoms with Crippen LogP contribution in [0.2, 0.25) is 0 Å². The molecule has 3 aromatic heterocycles. The van der Waals surface area contributed by atoms with Crippen molar-refractivity contribution in [1.29, 1.82) is 0 Å². The second-order valence-electron chi connectivity index (χ2n) is 3.47. The Kier molecular flexibility index (Phi) is 2.22. The summed E-state index contributed by atoms with van der Waals surface area (Å²) in [4.78, 5) is 5.28. The Balaban J connectivity index is 2.34. The van der Waals surface area contributed by atoms with Gasteiger partial charge >= 0.3 is 0 Å². The third kappa shape index (κ3) is 1.53. The molecule has 3 aromatic rings. The Morgan fingerprint density at radius 2 is 2.24 bits per heavy atom. The van der Waals surface area contributed by atoms with Gasteiger partial charge in [-0.15, -0.1) is 16.4 Å². The summed E-state index contributed by atoms with van der Waals surface area (Å²) in [6, 6.07) is 7.85. The Morgan fingerprint density at radius 1 is 1.35 bits per heavy atom. The summed E-state index contributed by atoms with van der Waals surface area (Å²) in [5.41, 5.74) is 7.23. The van der Waals surface area contributed by atoms with Crippen LogP contribution < -0.4 is 10.5 Å². The van der Waals surface area contributed by atoms with Crippen LogP contribution in [0.25, 0.3) is 16.2 Å². The highest BCUT2D eigenvalue weighted by Gasteiger charge is 2.12. The molecular weight excluding hydrogens is 236 g/mol. The number of rotatable bonds is 2. The van der Waals surface area contributed by atoms with Crippen molar-refractivity contribution in [2.45, 2.75) is 0 Å². The van der Waals surface area contributed by atoms with Crippen molar-refractivity contribution in [3.8, 4) is 16.3 Å². The molecule has 0 aliphatic heterocycles. The fraction of sp³-hybridized carbons (Fsp3) is 0.0909. The highest BCUT2D eigenvalue weighted by atomic mass is 32.1. The maximum Gasteiger partial charge on any atom is 0.240 e. The van der Waals surface area contributed by atoms with Gasteiger partial charge in [0.25, 0.3) is 0 Å². The molecule has 0 aliphatic carbocycles. The van der Waals surface area contributed by atoms with Crippen LogP contribution in [-0.2, 0) is 0 Å². The van der Waals surface area contributed by atoms with Crippen LogP contribution in [0.3, 0.4) is 0 Å². The molecule has 0 amide bonds. The van der Waals surface area contributed by atoms with Crippen LogP contribution in [0, 0.1) is 0 Å². The average molecular weight is 246 g/mol. The van der Waals surface area contributed by atoms with E-state index in [0.29, 0.717) is 11.4 Å². The predicted octanol–water partition coefficient (Wildman–Crippen LogP) is 2.05. The lowest BCUT2D eigenvalue weighted by molar-refractivity contribution is 0.416. The van der Waals surface area contributed by atoms with Crippen molar-refractivity contribution in [3.63, 3.8) is 0 Å². The van der Waals surface area contributed by atoms with E-state index in [1.807, 2.05) is 29.6 Å². The van der Waals surface area contributed by atoms with E-state index >= 15 is 0 Å². The summed E-state index contributed by atoms with van der Waals surface area (Å²) in [6.45, 7) is 0. The zero-order valence-electron chi connectivity index (χ0n) is 9.12. The number of nitrogen functional groups attached to an aromatic ring is 1. The largest absolute Gasteiger partial charge is 0.493 e. The number of aromatic nitrogens is 3. The van der Waals surface area contributed by atoms with Crippen LogP contribution in [0.5, 0.6) is 5.75 Å². The lowest BCUT2D eigenvalue weighted by atomic mass is 10.3. The van der Waals surface area contributed by atoms with Crippen molar-refractivity contribution >= 4 is 22.9 Å². The first-order valence-electron chi connectivity index (χ1n) is 5.02. The molecule has 3 heterocycles. The first-order chi connectivity index (χ1) is 8.29. The molecule has 0 saturated carbocycles. The number of nitrogens with zero attached hydrogens (tertiary/aromatic N) is 3. The van der Waals surface area contributed by atoms with E-state index in [1.165, 1.54) is 0 Å². The molecular formula is C11H10N4OS. The van der Waals surface area contributed by atoms with Crippen LogP contribution in [0.1, 0.15) is 0 Å². The van der Waals surface area contributed by atoms with Gasteiger partial charge in [0.1, 0.15) is 0 Å². The standard InChI is InChI=1S/C11H10N4OS/c1-16-8-5-4-7(9-3-2-6-17-9)15-10(8)13-11(12)14-15/h2-6H,1H3,(H2,12,14). The van der Waals surface area contributed by atoms with Crippen molar-refractivity contribution in [2.24, 2.45) is 0 Å². The molecule has 86 valence electrons. The van der Waals surface area contributed by atoms with E-state index in [2.05, 4.69) is 10.1 Å². The molecule has 0 atom stereocenters. The van der Waals surface area contributed by atoms with Gasteiger partial charge in [-0.05, 0) is 23.6 Å². The molecule has 0 fully saturated rings. The number of methoxy groups -OCH3 is 1. The lowest BCUT2D eigenvalue weighted by Crippen LogP contribution is -1.96. The molecule has 0 aliphatic rings. The van der Waals surface area contributed by atoms with Crippen molar-refractivity contribution in [3.05, 3.63) is 29.6 Å². The van der Waals surface area contributed by atoms with E-state index in [9.17, 15) is 0 Å². The smallest absolute Gasteiger partial charge is 0.240 e. The first kappa shape index (κ1) is 10.1. The van der Waals surface area contributed by atoms with E-state index < -0.39 is 0 Å². The molecule has 0 saturated heterocycles. The number of fused-ring (bicyclic) bond motifs is 1. The number of thiophene rings is 1. The Morgan fingerprint density at radius 3 is 2.94 bits per heavy atom. The number of hydrogen-bond acceptors (Lipinski definition) is 5. The Bertz CT molecular complexity index is 659. The number of nitrogens with two attached hydrogens (primary N) is 1. The topological polar surface area (TPSA) is 65.4 Å². The molecule has 3 rings (SSSR count). The van der Waals surface area contributed by atoms with Gasteiger partial charge in [-0.25, -0.2) is 4.52 Å². The Labute approximate surface area is 101 Å². The number of pyridine rings is 1. The van der Waals surface area contributed by atoms with Crippen LogP contribution in [0.4, 0.5) is 5.95 Å². The SMILES string of the molecule is COc1ccc(-c2cccs2)n2nc(N)nc12. The minimum absolute atomic E-state index is 0.243. The third-order valence-electron chi connectivity index (χ3n) is 2.46. The zero-order chi connectivity index (χ0) is 11.8. The van der Waals surface area contributed by atoms with E-state index in [1.54, 1.807) is 23.0 Å². The quantitative estimate of drug-likeness (QED) is 0.751. The number of ether oxygens (including phenoxy) is 1. The molecule has 6 heteroatoms. The summed E-state index contributed by atoms with van der Waals surface area (Å²) in [5, 5.41) is 6.21. The molecule has 0 spiro atoms. The highest BCUT2D eigenvalue weighted by Crippen LogP contribution is 2.29. The summed E-state index contributed by atoms with van der Waals surface area (Å²) >= 11 is 1.64. The molecule has 17 heavy (non-hydrogen) atoms. The predicted molar refractivity (Wildman–Crippen MR) is 67.3 cm³/mol. The van der Waals surface area contributed by atoms with Gasteiger partial charge in [0, 0.05) is 0 Å².